The van der Waals surface area contributed by atoms with E-state index in [1.54, 1.807) is 0 Å². The molecule has 0 amide bonds. The molecule has 1 rings (SSSR count). The lowest BCUT2D eigenvalue weighted by Crippen LogP contribution is -2.18. The molecule has 0 atom stereocenters. The average molecular weight is 211 g/mol. The number of methoxy groups -OCH3 is 1. The number of halogens is 4. The van der Waals surface area contributed by atoms with Crippen molar-refractivity contribution in [3.63, 3.8) is 0 Å². The Hall–Kier alpha value is -1.53. The molecule has 0 aliphatic heterocycles. The van der Waals surface area contributed by atoms with Crippen molar-refractivity contribution in [2.24, 2.45) is 0 Å². The number of pyridine rings is 1. The molecule has 0 aliphatic carbocycles. The molecule has 0 spiro atoms. The summed E-state index contributed by atoms with van der Waals surface area (Å²) in [5.74, 6) is -1.99. The van der Waals surface area contributed by atoms with Gasteiger partial charge in [0.15, 0.2) is 11.6 Å². The van der Waals surface area contributed by atoms with Crippen molar-refractivity contribution in [2.75, 3.05) is 7.11 Å². The van der Waals surface area contributed by atoms with Gasteiger partial charge in [0.25, 0.3) is 0 Å². The summed E-state index contributed by atoms with van der Waals surface area (Å²) in [5.41, 5.74) is 0. The van der Waals surface area contributed by atoms with Gasteiger partial charge in [-0.3, -0.25) is 0 Å². The number of nitrogens with zero attached hydrogens (tertiary/aromatic N) is 1. The minimum Gasteiger partial charge on any atom is -0.493 e. The minimum absolute atomic E-state index is 0.362. The van der Waals surface area contributed by atoms with Crippen LogP contribution in [0.3, 0.4) is 0 Å². The van der Waals surface area contributed by atoms with E-state index in [4.69, 9.17) is 0 Å². The summed E-state index contributed by atoms with van der Waals surface area (Å²) in [6.07, 6.45) is -4.27. The quantitative estimate of drug-likeness (QED) is 0.702. The molecule has 0 radical (unpaired) electrons. The van der Waals surface area contributed by atoms with E-state index in [0.29, 0.717) is 12.3 Å². The molecular weight excluding hydrogens is 206 g/mol. The SMILES string of the molecule is COc1cc(OC(F)(F)F)ncc1F. The molecule has 0 unspecified atom stereocenters. The van der Waals surface area contributed by atoms with Gasteiger partial charge in [-0.25, -0.2) is 9.37 Å². The summed E-state index contributed by atoms with van der Waals surface area (Å²) in [6.45, 7) is 0. The molecule has 1 heterocycles. The molecular formula is C7H5F4NO2. The van der Waals surface area contributed by atoms with Crippen molar-refractivity contribution in [1.29, 1.82) is 0 Å². The zero-order chi connectivity index (χ0) is 10.8. The lowest BCUT2D eigenvalue weighted by molar-refractivity contribution is -0.276. The van der Waals surface area contributed by atoms with Crippen molar-refractivity contribution >= 4 is 0 Å². The van der Waals surface area contributed by atoms with E-state index < -0.39 is 18.1 Å². The molecule has 7 heteroatoms. The highest BCUT2D eigenvalue weighted by atomic mass is 19.4. The molecule has 1 aromatic rings. The van der Waals surface area contributed by atoms with E-state index in [1.165, 1.54) is 0 Å². The van der Waals surface area contributed by atoms with Crippen molar-refractivity contribution in [3.05, 3.63) is 18.1 Å². The second kappa shape index (κ2) is 3.69. The summed E-state index contributed by atoms with van der Waals surface area (Å²) in [7, 11) is 1.12. The Morgan fingerprint density at radius 1 is 1.36 bits per heavy atom. The largest absolute Gasteiger partial charge is 0.574 e. The topological polar surface area (TPSA) is 31.4 Å². The maximum Gasteiger partial charge on any atom is 0.574 e. The van der Waals surface area contributed by atoms with Crippen LogP contribution in [-0.4, -0.2) is 18.5 Å². The van der Waals surface area contributed by atoms with Crippen LogP contribution in [0.15, 0.2) is 12.3 Å². The van der Waals surface area contributed by atoms with Crippen LogP contribution in [-0.2, 0) is 0 Å². The Labute approximate surface area is 76.3 Å². The average Bonchev–Trinajstić information content (AvgIpc) is 2.06. The van der Waals surface area contributed by atoms with Gasteiger partial charge in [0.1, 0.15) is 0 Å². The monoisotopic (exact) mass is 211 g/mol. The first-order valence-electron chi connectivity index (χ1n) is 3.37. The molecule has 0 aliphatic rings. The highest BCUT2D eigenvalue weighted by Crippen LogP contribution is 2.25. The predicted molar refractivity (Wildman–Crippen MR) is 37.4 cm³/mol. The van der Waals surface area contributed by atoms with Crippen LogP contribution in [0.1, 0.15) is 0 Å². The third kappa shape index (κ3) is 2.75. The number of ether oxygens (including phenoxy) is 2. The van der Waals surface area contributed by atoms with E-state index >= 15 is 0 Å². The smallest absolute Gasteiger partial charge is 0.493 e. The lowest BCUT2D eigenvalue weighted by Gasteiger charge is -2.08. The second-order valence-electron chi connectivity index (χ2n) is 2.20. The van der Waals surface area contributed by atoms with Gasteiger partial charge < -0.3 is 9.47 Å². The molecule has 78 valence electrons. The Balaban J connectivity index is 2.90. The third-order valence-electron chi connectivity index (χ3n) is 1.24. The van der Waals surface area contributed by atoms with Gasteiger partial charge in [0.2, 0.25) is 5.88 Å². The van der Waals surface area contributed by atoms with Crippen LogP contribution in [0.5, 0.6) is 11.6 Å². The highest BCUT2D eigenvalue weighted by molar-refractivity contribution is 5.27. The fourth-order valence-electron chi connectivity index (χ4n) is 0.733. The van der Waals surface area contributed by atoms with E-state index in [-0.39, 0.29) is 5.75 Å². The first-order valence-corrected chi connectivity index (χ1v) is 3.37. The van der Waals surface area contributed by atoms with Crippen LogP contribution >= 0.6 is 0 Å². The number of hydrogen-bond donors (Lipinski definition) is 0. The molecule has 0 saturated heterocycles. The van der Waals surface area contributed by atoms with E-state index in [9.17, 15) is 17.6 Å². The summed E-state index contributed by atoms with van der Waals surface area (Å²) in [5, 5.41) is 0. The van der Waals surface area contributed by atoms with Crippen LogP contribution in [0.25, 0.3) is 0 Å². The summed E-state index contributed by atoms with van der Waals surface area (Å²) in [4.78, 5) is 3.08. The maximum absolute atomic E-state index is 12.7. The van der Waals surface area contributed by atoms with Crippen molar-refractivity contribution in [1.82, 2.24) is 4.98 Å². The highest BCUT2D eigenvalue weighted by Gasteiger charge is 2.32. The van der Waals surface area contributed by atoms with E-state index in [2.05, 4.69) is 14.5 Å². The van der Waals surface area contributed by atoms with Crippen molar-refractivity contribution < 1.29 is 27.0 Å². The molecule has 1 aromatic heterocycles. The predicted octanol–water partition coefficient (Wildman–Crippen LogP) is 2.13. The molecule has 0 saturated carbocycles. The van der Waals surface area contributed by atoms with E-state index in [0.717, 1.165) is 7.11 Å². The first-order chi connectivity index (χ1) is 6.42. The van der Waals surface area contributed by atoms with Gasteiger partial charge in [-0.2, -0.15) is 0 Å². The molecule has 0 aromatic carbocycles. The van der Waals surface area contributed by atoms with Gasteiger partial charge in [-0.05, 0) is 0 Å². The zero-order valence-corrected chi connectivity index (χ0v) is 6.93. The molecule has 0 fully saturated rings. The third-order valence-corrected chi connectivity index (χ3v) is 1.24. The Morgan fingerprint density at radius 3 is 2.50 bits per heavy atom. The van der Waals surface area contributed by atoms with Gasteiger partial charge >= 0.3 is 6.36 Å². The van der Waals surface area contributed by atoms with Crippen molar-refractivity contribution in [3.8, 4) is 11.6 Å². The van der Waals surface area contributed by atoms with Crippen LogP contribution in [0.4, 0.5) is 17.6 Å². The Kier molecular flexibility index (Phi) is 2.78. The molecule has 14 heavy (non-hydrogen) atoms. The normalized spacial score (nSPS) is 11.2. The van der Waals surface area contributed by atoms with Crippen LogP contribution < -0.4 is 9.47 Å². The van der Waals surface area contributed by atoms with Gasteiger partial charge in [-0.15, -0.1) is 13.2 Å². The summed E-state index contributed by atoms with van der Waals surface area (Å²) < 4.78 is 55.6. The molecule has 0 N–H and O–H groups in total. The van der Waals surface area contributed by atoms with Gasteiger partial charge in [0.05, 0.1) is 13.3 Å². The zero-order valence-electron chi connectivity index (χ0n) is 6.93. The number of aromatic nitrogens is 1. The lowest BCUT2D eigenvalue weighted by atomic mass is 10.4. The van der Waals surface area contributed by atoms with Gasteiger partial charge in [-0.1, -0.05) is 0 Å². The summed E-state index contributed by atoms with van der Waals surface area (Å²) in [6, 6.07) is 0.711. The number of rotatable bonds is 2. The standard InChI is InChI=1S/C7H5F4NO2/c1-13-5-2-6(12-3-4(5)8)14-7(9,10)11/h2-3H,1H3. The minimum atomic E-state index is -4.85. The fraction of sp³-hybridized carbons (Fsp3) is 0.286. The first kappa shape index (κ1) is 10.6. The fourth-order valence-corrected chi connectivity index (χ4v) is 0.733. The number of hydrogen-bond acceptors (Lipinski definition) is 3. The van der Waals surface area contributed by atoms with Crippen LogP contribution in [0.2, 0.25) is 0 Å². The maximum atomic E-state index is 12.7. The van der Waals surface area contributed by atoms with Gasteiger partial charge in [0, 0.05) is 6.07 Å². The second-order valence-corrected chi connectivity index (χ2v) is 2.20. The Morgan fingerprint density at radius 2 is 2.00 bits per heavy atom. The molecule has 3 nitrogen and oxygen atoms in total. The van der Waals surface area contributed by atoms with Crippen molar-refractivity contribution in [2.45, 2.75) is 6.36 Å². The van der Waals surface area contributed by atoms with E-state index in [1.807, 2.05) is 0 Å². The Bertz CT molecular complexity index is 326. The number of alkyl halides is 3. The molecule has 0 bridgehead atoms. The summed E-state index contributed by atoms with van der Waals surface area (Å²) >= 11 is 0. The van der Waals surface area contributed by atoms with Crippen LogP contribution in [0, 0.1) is 5.82 Å².